The minimum Gasteiger partial charge on any atom is -0.398 e. The molecule has 0 unspecified atom stereocenters. The summed E-state index contributed by atoms with van der Waals surface area (Å²) in [5.41, 5.74) is 7.47. The van der Waals surface area contributed by atoms with Crippen molar-refractivity contribution in [2.45, 2.75) is 4.90 Å². The molecule has 0 bridgehead atoms. The van der Waals surface area contributed by atoms with Crippen LogP contribution in [0, 0.1) is 11.8 Å². The van der Waals surface area contributed by atoms with Gasteiger partial charge in [0.1, 0.15) is 5.15 Å². The van der Waals surface area contributed by atoms with E-state index in [9.17, 15) is 8.42 Å². The smallest absolute Gasteiger partial charge is 0.175 e. The first-order valence-corrected chi connectivity index (χ1v) is 7.86. The number of nitrogens with two attached hydrogens (primary N) is 1. The fourth-order valence-electron chi connectivity index (χ4n) is 1.47. The molecule has 0 aliphatic carbocycles. The molecule has 2 aromatic rings. The fraction of sp³-hybridized carbons (Fsp3) is 0.0714. The fourth-order valence-corrected chi connectivity index (χ4v) is 2.27. The number of halogens is 1. The largest absolute Gasteiger partial charge is 0.398 e. The zero-order chi connectivity index (χ0) is 14.8. The highest BCUT2D eigenvalue weighted by molar-refractivity contribution is 7.90. The predicted molar refractivity (Wildman–Crippen MR) is 79.2 cm³/mol. The number of nitrogen functional groups attached to an aromatic ring is 1. The lowest BCUT2D eigenvalue weighted by molar-refractivity contribution is 0.602. The molecular weight excluding hydrogens is 296 g/mol. The molecule has 0 amide bonds. The van der Waals surface area contributed by atoms with E-state index < -0.39 is 9.84 Å². The van der Waals surface area contributed by atoms with Gasteiger partial charge in [-0.15, -0.1) is 0 Å². The lowest BCUT2D eigenvalue weighted by atomic mass is 10.2. The second-order valence-electron chi connectivity index (χ2n) is 4.14. The molecule has 2 rings (SSSR count). The molecule has 0 radical (unpaired) electrons. The summed E-state index contributed by atoms with van der Waals surface area (Å²) in [6, 6.07) is 7.84. The van der Waals surface area contributed by atoms with Crippen LogP contribution in [0.25, 0.3) is 0 Å². The maximum atomic E-state index is 11.3. The predicted octanol–water partition coefficient (Wildman–Crippen LogP) is 2.12. The van der Waals surface area contributed by atoms with Crippen molar-refractivity contribution in [1.29, 1.82) is 0 Å². The van der Waals surface area contributed by atoms with Crippen molar-refractivity contribution in [1.82, 2.24) is 4.98 Å². The number of hydrogen-bond acceptors (Lipinski definition) is 4. The Labute approximate surface area is 122 Å². The van der Waals surface area contributed by atoms with Gasteiger partial charge in [-0.25, -0.2) is 13.4 Å². The van der Waals surface area contributed by atoms with E-state index in [1.807, 2.05) is 0 Å². The molecular formula is C14H11ClN2O2S. The average molecular weight is 307 g/mol. The Balaban J connectivity index is 2.29. The molecule has 2 N–H and O–H groups in total. The van der Waals surface area contributed by atoms with E-state index >= 15 is 0 Å². The summed E-state index contributed by atoms with van der Waals surface area (Å²) in [4.78, 5) is 4.16. The van der Waals surface area contributed by atoms with Gasteiger partial charge in [0, 0.05) is 18.0 Å². The third kappa shape index (κ3) is 3.50. The van der Waals surface area contributed by atoms with Gasteiger partial charge >= 0.3 is 0 Å². The highest BCUT2D eigenvalue weighted by Crippen LogP contribution is 2.14. The molecule has 0 fully saturated rings. The van der Waals surface area contributed by atoms with Gasteiger partial charge < -0.3 is 5.73 Å². The third-order valence-corrected chi connectivity index (χ3v) is 3.86. The van der Waals surface area contributed by atoms with E-state index in [1.54, 1.807) is 12.1 Å². The van der Waals surface area contributed by atoms with E-state index in [1.165, 1.54) is 24.4 Å². The molecule has 1 aromatic carbocycles. The number of pyridine rings is 1. The molecule has 0 saturated heterocycles. The van der Waals surface area contributed by atoms with E-state index in [4.69, 9.17) is 17.3 Å². The van der Waals surface area contributed by atoms with Crippen LogP contribution in [0.2, 0.25) is 5.15 Å². The summed E-state index contributed by atoms with van der Waals surface area (Å²) in [7, 11) is -3.19. The second kappa shape index (κ2) is 5.53. The number of hydrogen-bond donors (Lipinski definition) is 1. The highest BCUT2D eigenvalue weighted by atomic mass is 35.5. The van der Waals surface area contributed by atoms with Crippen LogP contribution >= 0.6 is 11.6 Å². The summed E-state index contributed by atoms with van der Waals surface area (Å²) in [6.07, 6.45) is 2.66. The molecule has 1 heterocycles. The van der Waals surface area contributed by atoms with Crippen LogP contribution in [0.3, 0.4) is 0 Å². The highest BCUT2D eigenvalue weighted by Gasteiger charge is 2.05. The molecule has 0 saturated carbocycles. The Bertz CT molecular complexity index is 803. The Morgan fingerprint density at radius 2 is 1.85 bits per heavy atom. The Morgan fingerprint density at radius 1 is 1.20 bits per heavy atom. The third-order valence-electron chi connectivity index (χ3n) is 2.53. The number of anilines is 1. The summed E-state index contributed by atoms with van der Waals surface area (Å²) in [6.45, 7) is 0. The first kappa shape index (κ1) is 14.4. The van der Waals surface area contributed by atoms with Crippen LogP contribution in [-0.4, -0.2) is 19.7 Å². The molecule has 0 aliphatic rings. The first-order valence-electron chi connectivity index (χ1n) is 5.59. The number of rotatable bonds is 1. The summed E-state index contributed by atoms with van der Waals surface area (Å²) in [5, 5.41) is 0.311. The topological polar surface area (TPSA) is 73.0 Å². The van der Waals surface area contributed by atoms with Crippen molar-refractivity contribution in [3.8, 4) is 11.8 Å². The van der Waals surface area contributed by atoms with Crippen molar-refractivity contribution in [2.75, 3.05) is 12.0 Å². The summed E-state index contributed by atoms with van der Waals surface area (Å²) in [5.74, 6) is 5.76. The summed E-state index contributed by atoms with van der Waals surface area (Å²) < 4.78 is 22.7. The lowest BCUT2D eigenvalue weighted by Crippen LogP contribution is -1.96. The average Bonchev–Trinajstić information content (AvgIpc) is 2.37. The van der Waals surface area contributed by atoms with Crippen molar-refractivity contribution in [3.63, 3.8) is 0 Å². The monoisotopic (exact) mass is 306 g/mol. The summed E-state index contributed by atoms with van der Waals surface area (Å²) >= 11 is 5.70. The van der Waals surface area contributed by atoms with E-state index in [0.717, 1.165) is 6.26 Å². The quantitative estimate of drug-likeness (QED) is 0.647. The van der Waals surface area contributed by atoms with Crippen molar-refractivity contribution < 1.29 is 8.42 Å². The molecule has 20 heavy (non-hydrogen) atoms. The first-order chi connectivity index (χ1) is 9.36. The maximum Gasteiger partial charge on any atom is 0.175 e. The SMILES string of the molecule is CS(=O)(=O)c1ccc(C#Cc2cnc(Cl)cc2N)cc1. The van der Waals surface area contributed by atoms with Crippen molar-refractivity contribution >= 4 is 27.1 Å². The van der Waals surface area contributed by atoms with Gasteiger partial charge in [0.2, 0.25) is 0 Å². The number of nitrogens with zero attached hydrogens (tertiary/aromatic N) is 1. The van der Waals surface area contributed by atoms with Gasteiger partial charge in [-0.1, -0.05) is 23.4 Å². The number of benzene rings is 1. The Morgan fingerprint density at radius 3 is 2.40 bits per heavy atom. The van der Waals surface area contributed by atoms with Gasteiger partial charge in [0.15, 0.2) is 9.84 Å². The molecule has 6 heteroatoms. The van der Waals surface area contributed by atoms with Crippen LogP contribution in [0.1, 0.15) is 11.1 Å². The molecule has 1 aromatic heterocycles. The second-order valence-corrected chi connectivity index (χ2v) is 6.54. The molecule has 4 nitrogen and oxygen atoms in total. The van der Waals surface area contributed by atoms with Gasteiger partial charge in [0.25, 0.3) is 0 Å². The molecule has 0 aliphatic heterocycles. The van der Waals surface area contributed by atoms with E-state index in [0.29, 0.717) is 22.0 Å². The molecule has 0 spiro atoms. The minimum absolute atomic E-state index is 0.260. The van der Waals surface area contributed by atoms with Crippen molar-refractivity contribution in [2.24, 2.45) is 0 Å². The minimum atomic E-state index is -3.19. The van der Waals surface area contributed by atoms with Crippen LogP contribution < -0.4 is 5.73 Å². The van der Waals surface area contributed by atoms with Crippen LogP contribution in [0.4, 0.5) is 5.69 Å². The van der Waals surface area contributed by atoms with Gasteiger partial charge in [0.05, 0.1) is 16.1 Å². The molecule has 102 valence electrons. The van der Waals surface area contributed by atoms with Crippen molar-refractivity contribution in [3.05, 3.63) is 52.8 Å². The zero-order valence-corrected chi connectivity index (χ0v) is 12.2. The standard InChI is InChI=1S/C14H11ClN2O2S/c1-20(18,19)12-6-3-10(4-7-12)2-5-11-9-17-14(15)8-13(11)16/h3-4,6-9H,1H3,(H2,16,17). The normalized spacial score (nSPS) is 10.7. The van der Waals surface area contributed by atoms with E-state index in [2.05, 4.69) is 16.8 Å². The lowest BCUT2D eigenvalue weighted by Gasteiger charge is -1.98. The van der Waals surface area contributed by atoms with Crippen LogP contribution in [-0.2, 0) is 9.84 Å². The maximum absolute atomic E-state index is 11.3. The van der Waals surface area contributed by atoms with E-state index in [-0.39, 0.29) is 4.90 Å². The zero-order valence-electron chi connectivity index (χ0n) is 10.6. The van der Waals surface area contributed by atoms with Crippen LogP contribution in [0.5, 0.6) is 0 Å². The number of sulfone groups is 1. The van der Waals surface area contributed by atoms with Gasteiger partial charge in [-0.05, 0) is 30.3 Å². The van der Waals surface area contributed by atoms with Gasteiger partial charge in [-0.2, -0.15) is 0 Å². The van der Waals surface area contributed by atoms with Crippen LogP contribution in [0.15, 0.2) is 41.4 Å². The molecule has 0 atom stereocenters. The Hall–Kier alpha value is -2.03. The van der Waals surface area contributed by atoms with Gasteiger partial charge in [-0.3, -0.25) is 0 Å². The Kier molecular flexibility index (Phi) is 3.98. The number of aromatic nitrogens is 1.